The molecule has 122 valence electrons. The van der Waals surface area contributed by atoms with Gasteiger partial charge in [0.25, 0.3) is 0 Å². The van der Waals surface area contributed by atoms with E-state index in [9.17, 15) is 4.39 Å². The van der Waals surface area contributed by atoms with Crippen LogP contribution in [0.25, 0.3) is 11.4 Å². The molecule has 2 aromatic heterocycles. The van der Waals surface area contributed by atoms with Crippen LogP contribution >= 0.6 is 11.6 Å². The van der Waals surface area contributed by atoms with Gasteiger partial charge in [0.2, 0.25) is 17.6 Å². The van der Waals surface area contributed by atoms with E-state index in [0.29, 0.717) is 28.2 Å². The quantitative estimate of drug-likeness (QED) is 0.709. The standard InChI is InChI=1S/C17H13ClFN3O2/c1-23-14-6-5-9(8-20-14)16-21-17(24-22-16)11-7-10(11)15-12(18)3-2-4-13(15)19/h2-6,8,10-11H,7H2,1H3/t10-,11-/m1/s1. The largest absolute Gasteiger partial charge is 0.481 e. The molecule has 0 spiro atoms. The minimum Gasteiger partial charge on any atom is -0.481 e. The van der Waals surface area contributed by atoms with Gasteiger partial charge in [-0.05, 0) is 24.6 Å². The lowest BCUT2D eigenvalue weighted by Gasteiger charge is -2.03. The number of hydrogen-bond donors (Lipinski definition) is 0. The van der Waals surface area contributed by atoms with E-state index in [2.05, 4.69) is 15.1 Å². The van der Waals surface area contributed by atoms with Crippen LogP contribution in [-0.2, 0) is 0 Å². The van der Waals surface area contributed by atoms with E-state index in [0.717, 1.165) is 12.0 Å². The lowest BCUT2D eigenvalue weighted by Crippen LogP contribution is -1.91. The predicted molar refractivity (Wildman–Crippen MR) is 85.6 cm³/mol. The number of rotatable bonds is 4. The molecule has 24 heavy (non-hydrogen) atoms. The maximum Gasteiger partial charge on any atom is 0.230 e. The first kappa shape index (κ1) is 15.1. The molecule has 0 bridgehead atoms. The normalized spacial score (nSPS) is 19.3. The number of methoxy groups -OCH3 is 1. The van der Waals surface area contributed by atoms with Crippen molar-refractivity contribution >= 4 is 11.6 Å². The van der Waals surface area contributed by atoms with Crippen LogP contribution in [0.2, 0.25) is 5.02 Å². The summed E-state index contributed by atoms with van der Waals surface area (Å²) in [5.41, 5.74) is 1.25. The lowest BCUT2D eigenvalue weighted by molar-refractivity contribution is 0.378. The van der Waals surface area contributed by atoms with E-state index in [-0.39, 0.29) is 17.7 Å². The Morgan fingerprint density at radius 2 is 2.12 bits per heavy atom. The summed E-state index contributed by atoms with van der Waals surface area (Å²) in [6, 6.07) is 8.24. The molecule has 0 unspecified atom stereocenters. The summed E-state index contributed by atoms with van der Waals surface area (Å²) in [6.07, 6.45) is 2.36. The highest BCUT2D eigenvalue weighted by Gasteiger charge is 2.46. The van der Waals surface area contributed by atoms with Crippen molar-refractivity contribution in [1.82, 2.24) is 15.1 Å². The Bertz CT molecular complexity index is 862. The van der Waals surface area contributed by atoms with Crippen LogP contribution in [0.4, 0.5) is 4.39 Å². The van der Waals surface area contributed by atoms with Crippen LogP contribution in [0.1, 0.15) is 29.7 Å². The summed E-state index contributed by atoms with van der Waals surface area (Å²) in [4.78, 5) is 8.53. The summed E-state index contributed by atoms with van der Waals surface area (Å²) in [5, 5.41) is 4.41. The van der Waals surface area contributed by atoms with E-state index in [1.807, 2.05) is 0 Å². The summed E-state index contributed by atoms with van der Waals surface area (Å²) >= 11 is 6.12. The first-order valence-corrected chi connectivity index (χ1v) is 7.83. The van der Waals surface area contributed by atoms with Crippen LogP contribution in [-0.4, -0.2) is 22.2 Å². The van der Waals surface area contributed by atoms with Crippen molar-refractivity contribution in [1.29, 1.82) is 0 Å². The molecule has 4 rings (SSSR count). The predicted octanol–water partition coefficient (Wildman–Crippen LogP) is 4.20. The van der Waals surface area contributed by atoms with Gasteiger partial charge >= 0.3 is 0 Å². The highest BCUT2D eigenvalue weighted by atomic mass is 35.5. The Morgan fingerprint density at radius 3 is 2.83 bits per heavy atom. The number of halogens is 2. The highest BCUT2D eigenvalue weighted by Crippen LogP contribution is 2.56. The minimum atomic E-state index is -0.297. The van der Waals surface area contributed by atoms with Gasteiger partial charge in [0.15, 0.2) is 0 Å². The second-order valence-corrected chi connectivity index (χ2v) is 6.04. The Labute approximate surface area is 142 Å². The molecule has 0 radical (unpaired) electrons. The molecule has 3 aromatic rings. The smallest absolute Gasteiger partial charge is 0.230 e. The van der Waals surface area contributed by atoms with Crippen molar-refractivity contribution in [3.63, 3.8) is 0 Å². The van der Waals surface area contributed by atoms with Crippen molar-refractivity contribution in [3.8, 4) is 17.3 Å². The maximum atomic E-state index is 14.0. The Kier molecular flexibility index (Phi) is 3.69. The van der Waals surface area contributed by atoms with Gasteiger partial charge in [-0.25, -0.2) is 9.37 Å². The molecule has 1 aliphatic carbocycles. The number of benzene rings is 1. The van der Waals surface area contributed by atoms with Gasteiger partial charge in [0.05, 0.1) is 7.11 Å². The molecule has 2 heterocycles. The van der Waals surface area contributed by atoms with Gasteiger partial charge in [-0.3, -0.25) is 0 Å². The van der Waals surface area contributed by atoms with Crippen LogP contribution in [0, 0.1) is 5.82 Å². The van der Waals surface area contributed by atoms with Gasteiger partial charge in [-0.1, -0.05) is 22.8 Å². The average Bonchev–Trinajstić information content (AvgIpc) is 3.21. The van der Waals surface area contributed by atoms with Crippen LogP contribution in [0.3, 0.4) is 0 Å². The molecular formula is C17H13ClFN3O2. The Morgan fingerprint density at radius 1 is 1.25 bits per heavy atom. The van der Waals surface area contributed by atoms with E-state index in [4.69, 9.17) is 20.9 Å². The number of nitrogens with zero attached hydrogens (tertiary/aromatic N) is 3. The highest BCUT2D eigenvalue weighted by molar-refractivity contribution is 6.31. The molecule has 5 nitrogen and oxygen atoms in total. The summed E-state index contributed by atoms with van der Waals surface area (Å²) < 4.78 is 24.4. The maximum absolute atomic E-state index is 14.0. The first-order valence-electron chi connectivity index (χ1n) is 7.45. The van der Waals surface area contributed by atoms with Crippen molar-refractivity contribution in [2.24, 2.45) is 0 Å². The molecule has 0 saturated heterocycles. The van der Waals surface area contributed by atoms with E-state index < -0.39 is 0 Å². The van der Waals surface area contributed by atoms with Gasteiger partial charge in [-0.2, -0.15) is 4.98 Å². The molecular weight excluding hydrogens is 333 g/mol. The zero-order valence-electron chi connectivity index (χ0n) is 12.7. The van der Waals surface area contributed by atoms with Gasteiger partial charge in [-0.15, -0.1) is 0 Å². The third-order valence-corrected chi connectivity index (χ3v) is 4.45. The third-order valence-electron chi connectivity index (χ3n) is 4.12. The number of hydrogen-bond acceptors (Lipinski definition) is 5. The molecule has 1 aliphatic rings. The fraction of sp³-hybridized carbons (Fsp3) is 0.235. The first-order chi connectivity index (χ1) is 11.7. The Hall–Kier alpha value is -2.47. The van der Waals surface area contributed by atoms with Crippen molar-refractivity contribution in [3.05, 3.63) is 58.8 Å². The topological polar surface area (TPSA) is 61.0 Å². The van der Waals surface area contributed by atoms with E-state index >= 15 is 0 Å². The molecule has 2 atom stereocenters. The second-order valence-electron chi connectivity index (χ2n) is 5.63. The Balaban J connectivity index is 1.56. The molecule has 1 fully saturated rings. The van der Waals surface area contributed by atoms with Crippen molar-refractivity contribution in [2.75, 3.05) is 7.11 Å². The lowest BCUT2D eigenvalue weighted by atomic mass is 10.1. The number of pyridine rings is 1. The summed E-state index contributed by atoms with van der Waals surface area (Å²) in [6.45, 7) is 0. The van der Waals surface area contributed by atoms with Gasteiger partial charge in [0.1, 0.15) is 5.82 Å². The summed E-state index contributed by atoms with van der Waals surface area (Å²) in [5.74, 6) is 1.12. The molecule has 0 amide bonds. The van der Waals surface area contributed by atoms with E-state index in [1.165, 1.54) is 6.07 Å². The summed E-state index contributed by atoms with van der Waals surface area (Å²) in [7, 11) is 1.55. The minimum absolute atomic E-state index is 0.00754. The number of aromatic nitrogens is 3. The zero-order chi connectivity index (χ0) is 16.7. The average molecular weight is 346 g/mol. The van der Waals surface area contributed by atoms with E-state index in [1.54, 1.807) is 37.6 Å². The fourth-order valence-electron chi connectivity index (χ4n) is 2.79. The van der Waals surface area contributed by atoms with Crippen molar-refractivity contribution in [2.45, 2.75) is 18.3 Å². The fourth-order valence-corrected chi connectivity index (χ4v) is 3.09. The van der Waals surface area contributed by atoms with Crippen LogP contribution in [0.15, 0.2) is 41.1 Å². The molecule has 1 saturated carbocycles. The van der Waals surface area contributed by atoms with Crippen LogP contribution in [0.5, 0.6) is 5.88 Å². The van der Waals surface area contributed by atoms with Gasteiger partial charge in [0, 0.05) is 40.2 Å². The second kappa shape index (κ2) is 5.87. The molecule has 0 aliphatic heterocycles. The monoisotopic (exact) mass is 345 g/mol. The molecule has 7 heteroatoms. The SMILES string of the molecule is COc1ccc(-c2noc([C@@H]3C[C@H]3c3c(F)cccc3Cl)n2)cn1. The number of ether oxygens (including phenoxy) is 1. The zero-order valence-corrected chi connectivity index (χ0v) is 13.5. The molecule has 1 aromatic carbocycles. The van der Waals surface area contributed by atoms with Crippen LogP contribution < -0.4 is 4.74 Å². The molecule has 0 N–H and O–H groups in total. The van der Waals surface area contributed by atoms with Crippen molar-refractivity contribution < 1.29 is 13.7 Å². The third kappa shape index (κ3) is 2.63. The van der Waals surface area contributed by atoms with Gasteiger partial charge < -0.3 is 9.26 Å².